The molecule has 1 unspecified atom stereocenters. The van der Waals surface area contributed by atoms with Gasteiger partial charge in [0, 0.05) is 11.3 Å². The molecule has 2 N–H and O–H groups in total. The Hall–Kier alpha value is -4.43. The molecular weight excluding hydrogens is 529 g/mol. The molecule has 1 heterocycles. The van der Waals surface area contributed by atoms with E-state index in [1.807, 2.05) is 59.5 Å². The largest absolute Gasteiger partial charge is 0.480 e. The van der Waals surface area contributed by atoms with Gasteiger partial charge in [-0.25, -0.2) is 0 Å². The number of nitrogens with one attached hydrogen (secondary N) is 1. The van der Waals surface area contributed by atoms with Gasteiger partial charge >= 0.3 is 12.1 Å². The monoisotopic (exact) mass is 558 g/mol. The maximum atomic E-state index is 13.1. The minimum absolute atomic E-state index is 0.279. The minimum Gasteiger partial charge on any atom is -0.480 e. The number of benzene rings is 4. The molecule has 4 aromatic rings. The van der Waals surface area contributed by atoms with Crippen LogP contribution < -0.4 is 5.32 Å². The molecule has 1 atom stereocenters. The highest BCUT2D eigenvalue weighted by Crippen LogP contribution is 2.34. The second-order valence-electron chi connectivity index (χ2n) is 10.2. The summed E-state index contributed by atoms with van der Waals surface area (Å²) in [5.74, 6) is -0.932. The Morgan fingerprint density at radius 2 is 1.41 bits per heavy atom. The number of carboxylic acids is 1. The average Bonchev–Trinajstić information content (AvgIpc) is 2.98. The fourth-order valence-electron chi connectivity index (χ4n) is 5.44. The van der Waals surface area contributed by atoms with E-state index in [2.05, 4.69) is 5.32 Å². The fourth-order valence-corrected chi connectivity index (χ4v) is 5.44. The van der Waals surface area contributed by atoms with Crippen LogP contribution in [0.5, 0.6) is 0 Å². The lowest BCUT2D eigenvalue weighted by atomic mass is 9.88. The molecule has 41 heavy (non-hydrogen) atoms. The summed E-state index contributed by atoms with van der Waals surface area (Å²) in [5, 5.41) is 12.7. The zero-order valence-corrected chi connectivity index (χ0v) is 22.1. The number of carbonyl (C=O) groups excluding carboxylic acids is 1. The van der Waals surface area contributed by atoms with Gasteiger partial charge in [-0.15, -0.1) is 0 Å². The van der Waals surface area contributed by atoms with E-state index in [9.17, 15) is 27.9 Å². The molecule has 0 spiro atoms. The Kier molecular flexibility index (Phi) is 8.21. The van der Waals surface area contributed by atoms with Crippen LogP contribution in [0, 0.1) is 0 Å². The van der Waals surface area contributed by atoms with Gasteiger partial charge in [0.2, 0.25) is 0 Å². The van der Waals surface area contributed by atoms with Crippen molar-refractivity contribution in [3.8, 4) is 11.1 Å². The molecule has 8 heteroatoms. The number of amides is 1. The maximum absolute atomic E-state index is 13.1. The topological polar surface area (TPSA) is 69.6 Å². The molecule has 0 saturated carbocycles. The number of carbonyl (C=O) groups is 2. The predicted octanol–water partition coefficient (Wildman–Crippen LogP) is 7.63. The van der Waals surface area contributed by atoms with Crippen LogP contribution in [0.3, 0.4) is 0 Å². The predicted molar refractivity (Wildman–Crippen MR) is 152 cm³/mol. The van der Waals surface area contributed by atoms with Gasteiger partial charge < -0.3 is 10.4 Å². The molecule has 1 fully saturated rings. The number of carboxylic acid groups (broad SMARTS) is 1. The van der Waals surface area contributed by atoms with E-state index in [0.717, 1.165) is 36.1 Å². The van der Waals surface area contributed by atoms with Gasteiger partial charge in [0.15, 0.2) is 0 Å². The van der Waals surface area contributed by atoms with Crippen LogP contribution in [0.4, 0.5) is 18.9 Å². The third kappa shape index (κ3) is 6.49. The van der Waals surface area contributed by atoms with Gasteiger partial charge in [-0.05, 0) is 84.4 Å². The number of likely N-dealkylation sites (tertiary alicyclic amines) is 1. The first-order valence-corrected chi connectivity index (χ1v) is 13.4. The lowest BCUT2D eigenvalue weighted by molar-refractivity contribution is -0.144. The maximum Gasteiger partial charge on any atom is 0.416 e. The van der Waals surface area contributed by atoms with Gasteiger partial charge in [0.05, 0.1) is 5.56 Å². The Labute approximate surface area is 236 Å². The zero-order valence-electron chi connectivity index (χ0n) is 22.1. The number of rotatable bonds is 7. The summed E-state index contributed by atoms with van der Waals surface area (Å²) < 4.78 is 38.9. The first-order chi connectivity index (χ1) is 19.7. The second kappa shape index (κ2) is 12.0. The highest BCUT2D eigenvalue weighted by atomic mass is 19.4. The van der Waals surface area contributed by atoms with E-state index < -0.39 is 23.8 Å². The summed E-state index contributed by atoms with van der Waals surface area (Å²) in [5.41, 5.74) is 3.17. The van der Waals surface area contributed by atoms with Gasteiger partial charge in [-0.2, -0.15) is 13.2 Å². The molecule has 1 aliphatic heterocycles. The van der Waals surface area contributed by atoms with Crippen LogP contribution >= 0.6 is 0 Å². The quantitative estimate of drug-likeness (QED) is 0.245. The van der Waals surface area contributed by atoms with E-state index in [-0.39, 0.29) is 11.8 Å². The molecule has 5 rings (SSSR count). The third-order valence-electron chi connectivity index (χ3n) is 7.58. The van der Waals surface area contributed by atoms with E-state index in [0.29, 0.717) is 35.5 Å². The first kappa shape index (κ1) is 28.1. The lowest BCUT2D eigenvalue weighted by Crippen LogP contribution is -2.39. The van der Waals surface area contributed by atoms with E-state index >= 15 is 0 Å². The normalized spacial score (nSPS) is 15.3. The van der Waals surface area contributed by atoms with Crippen molar-refractivity contribution in [1.29, 1.82) is 0 Å². The number of halogens is 3. The molecule has 0 aromatic heterocycles. The Morgan fingerprint density at radius 1 is 0.805 bits per heavy atom. The first-order valence-electron chi connectivity index (χ1n) is 13.4. The molecule has 210 valence electrons. The van der Waals surface area contributed by atoms with Crippen molar-refractivity contribution in [3.05, 3.63) is 125 Å². The summed E-state index contributed by atoms with van der Waals surface area (Å²) in [6.07, 6.45) is -2.78. The smallest absolute Gasteiger partial charge is 0.416 e. The molecule has 1 aliphatic rings. The third-order valence-corrected chi connectivity index (χ3v) is 7.58. The number of anilines is 1. The van der Waals surface area contributed by atoms with Crippen molar-refractivity contribution < 1.29 is 27.9 Å². The van der Waals surface area contributed by atoms with Crippen LogP contribution in [0.2, 0.25) is 0 Å². The number of hydrogen-bond donors (Lipinski definition) is 2. The summed E-state index contributed by atoms with van der Waals surface area (Å²) in [4.78, 5) is 27.2. The summed E-state index contributed by atoms with van der Waals surface area (Å²) in [7, 11) is 0. The van der Waals surface area contributed by atoms with Crippen LogP contribution in [0.25, 0.3) is 11.1 Å². The van der Waals surface area contributed by atoms with Crippen molar-refractivity contribution in [2.45, 2.75) is 31.0 Å². The van der Waals surface area contributed by atoms with Gasteiger partial charge in [-0.1, -0.05) is 72.8 Å². The van der Waals surface area contributed by atoms with Crippen molar-refractivity contribution in [2.75, 3.05) is 18.4 Å². The molecule has 1 amide bonds. The molecular formula is C33H29F3N2O3. The fraction of sp³-hybridized carbons (Fsp3) is 0.212. The van der Waals surface area contributed by atoms with Crippen LogP contribution in [0.15, 0.2) is 103 Å². The van der Waals surface area contributed by atoms with Crippen LogP contribution in [-0.2, 0) is 11.0 Å². The summed E-state index contributed by atoms with van der Waals surface area (Å²) >= 11 is 0. The number of piperidine rings is 1. The lowest BCUT2D eigenvalue weighted by Gasteiger charge is -2.36. The van der Waals surface area contributed by atoms with Gasteiger partial charge in [0.1, 0.15) is 6.04 Å². The van der Waals surface area contributed by atoms with E-state index in [1.165, 1.54) is 12.1 Å². The van der Waals surface area contributed by atoms with Crippen molar-refractivity contribution in [2.24, 2.45) is 0 Å². The number of nitrogens with zero attached hydrogens (tertiary/aromatic N) is 1. The number of aliphatic carboxylic acids is 1. The summed E-state index contributed by atoms with van der Waals surface area (Å²) in [6.45, 7) is 1.32. The second-order valence-corrected chi connectivity index (χ2v) is 10.2. The Morgan fingerprint density at radius 3 is 2.02 bits per heavy atom. The standard InChI is InChI=1S/C33H29F3N2O3/c34-33(35,36)26-14-10-24(11-15-26)28-8-4-5-9-29(28)31(39)37-27-16-12-22(13-17-27)23-18-20-38(21-19-23)30(32(40)41)25-6-2-1-3-7-25/h1-17,23,30H,18-21H2,(H,37,39)(H,40,41). The number of alkyl halides is 3. The van der Waals surface area contributed by atoms with E-state index in [1.54, 1.807) is 24.3 Å². The van der Waals surface area contributed by atoms with Gasteiger partial charge in [-0.3, -0.25) is 14.5 Å². The van der Waals surface area contributed by atoms with Crippen LogP contribution in [0.1, 0.15) is 51.8 Å². The zero-order chi connectivity index (χ0) is 29.0. The highest BCUT2D eigenvalue weighted by Gasteiger charge is 2.32. The molecule has 0 aliphatic carbocycles. The molecule has 0 radical (unpaired) electrons. The summed E-state index contributed by atoms with van der Waals surface area (Å²) in [6, 6.07) is 27.8. The van der Waals surface area contributed by atoms with Gasteiger partial charge in [0.25, 0.3) is 5.91 Å². The number of hydrogen-bond acceptors (Lipinski definition) is 3. The van der Waals surface area contributed by atoms with Crippen molar-refractivity contribution in [3.63, 3.8) is 0 Å². The van der Waals surface area contributed by atoms with Crippen molar-refractivity contribution in [1.82, 2.24) is 4.90 Å². The minimum atomic E-state index is -4.43. The molecule has 5 nitrogen and oxygen atoms in total. The van der Waals surface area contributed by atoms with Crippen LogP contribution in [-0.4, -0.2) is 35.0 Å². The molecule has 0 bridgehead atoms. The molecule has 1 saturated heterocycles. The SMILES string of the molecule is O=C(Nc1ccc(C2CCN(C(C(=O)O)c3ccccc3)CC2)cc1)c1ccccc1-c1ccc(C(F)(F)F)cc1. The Balaban J connectivity index is 1.23. The molecule has 4 aromatic carbocycles. The average molecular weight is 559 g/mol. The highest BCUT2D eigenvalue weighted by molar-refractivity contribution is 6.08. The Bertz CT molecular complexity index is 1500. The van der Waals surface area contributed by atoms with Crippen molar-refractivity contribution >= 4 is 17.6 Å². The van der Waals surface area contributed by atoms with E-state index in [4.69, 9.17) is 0 Å².